The normalized spacial score (nSPS) is 10.7. The lowest BCUT2D eigenvalue weighted by Gasteiger charge is -1.98. The molecular weight excluding hydrogens is 264 g/mol. The summed E-state index contributed by atoms with van der Waals surface area (Å²) in [6, 6.07) is 18.2. The Morgan fingerprint density at radius 3 is 2.57 bits per heavy atom. The number of hydrogen-bond acceptors (Lipinski definition) is 2. The van der Waals surface area contributed by atoms with Crippen molar-refractivity contribution in [2.24, 2.45) is 5.84 Å². The Bertz CT molecular complexity index is 764. The van der Waals surface area contributed by atoms with Crippen molar-refractivity contribution in [2.75, 3.05) is 0 Å². The number of aromatic nitrogens is 2. The second-order valence-electron chi connectivity index (χ2n) is 4.91. The number of nitrogens with zero attached hydrogens (tertiary/aromatic N) is 2. The second-order valence-corrected chi connectivity index (χ2v) is 4.91. The van der Waals surface area contributed by atoms with Crippen LogP contribution in [0.2, 0.25) is 0 Å². The first-order valence-corrected chi connectivity index (χ1v) is 6.78. The van der Waals surface area contributed by atoms with Gasteiger partial charge in [-0.15, -0.1) is 0 Å². The highest BCUT2D eigenvalue weighted by atomic mass is 16.2. The van der Waals surface area contributed by atoms with Crippen molar-refractivity contribution >= 4 is 16.9 Å². The molecule has 0 saturated carbocycles. The average molecular weight is 281 g/mol. The Morgan fingerprint density at radius 2 is 1.81 bits per heavy atom. The van der Waals surface area contributed by atoms with Gasteiger partial charge in [-0.25, -0.2) is 15.0 Å². The van der Waals surface area contributed by atoms with Gasteiger partial charge in [-0.1, -0.05) is 42.5 Å². The van der Waals surface area contributed by atoms with Gasteiger partial charge in [-0.2, -0.15) is 0 Å². The molecule has 106 valence electrons. The molecule has 0 aliphatic carbocycles. The molecule has 1 aromatic heterocycles. The zero-order valence-electron chi connectivity index (χ0n) is 11.6. The predicted octanol–water partition coefficient (Wildman–Crippen LogP) is 0.967. The third-order valence-corrected chi connectivity index (χ3v) is 3.45. The first kappa shape index (κ1) is 13.3. The van der Waals surface area contributed by atoms with Gasteiger partial charge in [0.25, 0.3) is 5.91 Å². The molecule has 0 spiro atoms. The Kier molecular flexibility index (Phi) is 3.66. The standard InChI is InChI=1S/C16H16N4O/c17-18-16(21)11-20-12-19(10-13-6-2-1-3-7-13)14-8-4-5-9-15(14)20/h1-9,12H,10-11,17H2/p+1. The van der Waals surface area contributed by atoms with Gasteiger partial charge in [-0.3, -0.25) is 10.2 Å². The van der Waals surface area contributed by atoms with Crippen molar-refractivity contribution in [3.63, 3.8) is 0 Å². The van der Waals surface area contributed by atoms with E-state index in [0.29, 0.717) is 0 Å². The maximum atomic E-state index is 11.5. The van der Waals surface area contributed by atoms with Crippen LogP contribution in [0.15, 0.2) is 60.9 Å². The van der Waals surface area contributed by atoms with Gasteiger partial charge in [0.2, 0.25) is 6.33 Å². The lowest BCUT2D eigenvalue weighted by molar-refractivity contribution is -0.663. The van der Waals surface area contributed by atoms with Crippen molar-refractivity contribution in [1.82, 2.24) is 9.99 Å². The zero-order chi connectivity index (χ0) is 14.7. The quantitative estimate of drug-likeness (QED) is 0.324. The summed E-state index contributed by atoms with van der Waals surface area (Å²) in [6.07, 6.45) is 1.95. The topological polar surface area (TPSA) is 63.9 Å². The fourth-order valence-electron chi connectivity index (χ4n) is 2.48. The minimum absolute atomic E-state index is 0.207. The maximum Gasteiger partial charge on any atom is 0.276 e. The molecule has 0 aliphatic rings. The van der Waals surface area contributed by atoms with E-state index in [9.17, 15) is 4.79 Å². The van der Waals surface area contributed by atoms with E-state index in [1.54, 1.807) is 0 Å². The molecule has 0 atom stereocenters. The van der Waals surface area contributed by atoms with Crippen LogP contribution in [-0.2, 0) is 17.9 Å². The molecule has 0 bridgehead atoms. The fourth-order valence-corrected chi connectivity index (χ4v) is 2.48. The molecule has 1 amide bonds. The van der Waals surface area contributed by atoms with E-state index in [2.05, 4.69) is 28.2 Å². The highest BCUT2D eigenvalue weighted by Crippen LogP contribution is 2.11. The molecule has 3 rings (SSSR count). The summed E-state index contributed by atoms with van der Waals surface area (Å²) < 4.78 is 4.04. The molecule has 5 heteroatoms. The van der Waals surface area contributed by atoms with E-state index >= 15 is 0 Å². The number of rotatable bonds is 4. The molecule has 0 radical (unpaired) electrons. The molecule has 0 fully saturated rings. The van der Waals surface area contributed by atoms with E-state index < -0.39 is 0 Å². The van der Waals surface area contributed by atoms with Gasteiger partial charge < -0.3 is 0 Å². The first-order valence-electron chi connectivity index (χ1n) is 6.78. The Balaban J connectivity index is 2.00. The number of carbonyl (C=O) groups excluding carboxylic acids is 1. The lowest BCUT2D eigenvalue weighted by atomic mass is 10.2. The third kappa shape index (κ3) is 2.78. The Morgan fingerprint density at radius 1 is 1.10 bits per heavy atom. The van der Waals surface area contributed by atoms with Crippen LogP contribution in [0.4, 0.5) is 0 Å². The minimum atomic E-state index is -0.220. The highest BCUT2D eigenvalue weighted by molar-refractivity contribution is 5.78. The fraction of sp³-hybridized carbons (Fsp3) is 0.125. The van der Waals surface area contributed by atoms with E-state index in [0.717, 1.165) is 17.6 Å². The van der Waals surface area contributed by atoms with Gasteiger partial charge in [-0.05, 0) is 17.7 Å². The summed E-state index contributed by atoms with van der Waals surface area (Å²) in [5, 5.41) is 0. The van der Waals surface area contributed by atoms with Crippen molar-refractivity contribution in [2.45, 2.75) is 13.1 Å². The second kappa shape index (κ2) is 5.76. The largest absolute Gasteiger partial charge is 0.291 e. The number of carbonyl (C=O) groups is 1. The molecule has 3 aromatic rings. The van der Waals surface area contributed by atoms with Crippen LogP contribution in [0.3, 0.4) is 0 Å². The van der Waals surface area contributed by atoms with Gasteiger partial charge in [0.15, 0.2) is 17.6 Å². The van der Waals surface area contributed by atoms with Gasteiger partial charge >= 0.3 is 0 Å². The highest BCUT2D eigenvalue weighted by Gasteiger charge is 2.17. The SMILES string of the molecule is NNC(=O)Cn1c[n+](Cc2ccccc2)c2ccccc21. The van der Waals surface area contributed by atoms with Gasteiger partial charge in [0.05, 0.1) is 0 Å². The number of amides is 1. The van der Waals surface area contributed by atoms with Crippen LogP contribution in [-0.4, -0.2) is 10.5 Å². The van der Waals surface area contributed by atoms with E-state index in [1.165, 1.54) is 5.56 Å². The van der Waals surface area contributed by atoms with E-state index in [1.807, 2.05) is 47.3 Å². The zero-order valence-corrected chi connectivity index (χ0v) is 11.6. The molecule has 5 nitrogen and oxygen atoms in total. The molecule has 21 heavy (non-hydrogen) atoms. The predicted molar refractivity (Wildman–Crippen MR) is 80.0 cm³/mol. The lowest BCUT2D eigenvalue weighted by Crippen LogP contribution is -2.35. The molecule has 0 saturated heterocycles. The number of imidazole rings is 1. The molecule has 1 heterocycles. The summed E-state index contributed by atoms with van der Waals surface area (Å²) >= 11 is 0. The minimum Gasteiger partial charge on any atom is -0.291 e. The molecule has 0 aliphatic heterocycles. The summed E-state index contributed by atoms with van der Waals surface area (Å²) in [5.41, 5.74) is 5.48. The molecular formula is C16H17N4O+. The summed E-state index contributed by atoms with van der Waals surface area (Å²) in [6.45, 7) is 0.970. The van der Waals surface area contributed by atoms with E-state index in [-0.39, 0.29) is 12.5 Å². The molecule has 2 aromatic carbocycles. The molecule has 3 N–H and O–H groups in total. The number of nitrogens with one attached hydrogen (secondary N) is 1. The van der Waals surface area contributed by atoms with Crippen LogP contribution in [0.25, 0.3) is 11.0 Å². The van der Waals surface area contributed by atoms with Crippen LogP contribution in [0.1, 0.15) is 5.56 Å². The van der Waals surface area contributed by atoms with Gasteiger partial charge in [0, 0.05) is 0 Å². The Hall–Kier alpha value is -2.66. The number of nitrogens with two attached hydrogens (primary N) is 1. The Labute approximate surface area is 122 Å². The van der Waals surface area contributed by atoms with Crippen LogP contribution in [0.5, 0.6) is 0 Å². The molecule has 0 unspecified atom stereocenters. The third-order valence-electron chi connectivity index (χ3n) is 3.45. The van der Waals surface area contributed by atoms with Crippen LogP contribution >= 0.6 is 0 Å². The van der Waals surface area contributed by atoms with Crippen LogP contribution in [0, 0.1) is 0 Å². The summed E-state index contributed by atoms with van der Waals surface area (Å²) in [7, 11) is 0. The van der Waals surface area contributed by atoms with E-state index in [4.69, 9.17) is 5.84 Å². The maximum absolute atomic E-state index is 11.5. The van der Waals surface area contributed by atoms with Gasteiger partial charge in [0.1, 0.15) is 6.54 Å². The van der Waals surface area contributed by atoms with Crippen molar-refractivity contribution in [3.8, 4) is 0 Å². The summed E-state index contributed by atoms with van der Waals surface area (Å²) in [4.78, 5) is 11.5. The number of hydrazine groups is 1. The smallest absolute Gasteiger partial charge is 0.276 e. The average Bonchev–Trinajstić information content (AvgIpc) is 2.86. The van der Waals surface area contributed by atoms with Crippen LogP contribution < -0.4 is 15.8 Å². The van der Waals surface area contributed by atoms with Crippen molar-refractivity contribution < 1.29 is 9.36 Å². The first-order chi connectivity index (χ1) is 10.3. The number of para-hydroxylation sites is 2. The number of hydrogen-bond donors (Lipinski definition) is 2. The van der Waals surface area contributed by atoms with Crippen molar-refractivity contribution in [1.29, 1.82) is 0 Å². The number of fused-ring (bicyclic) bond motifs is 1. The number of benzene rings is 2. The summed E-state index contributed by atoms with van der Waals surface area (Å²) in [5.74, 6) is 4.95. The monoisotopic (exact) mass is 281 g/mol. The van der Waals surface area contributed by atoms with Crippen molar-refractivity contribution in [3.05, 3.63) is 66.5 Å².